The lowest BCUT2D eigenvalue weighted by atomic mass is 10.1. The standard InChI is InChI=1S/C14H18N2O/c1-3-7-16-14(17)13-9-11(2)8-12(10-13)5-4-6-15/h8-10H,3,6-7,15H2,1-2H3,(H,16,17). The summed E-state index contributed by atoms with van der Waals surface area (Å²) in [6, 6.07) is 5.60. The molecule has 0 heterocycles. The van der Waals surface area contributed by atoms with Gasteiger partial charge in [0.15, 0.2) is 0 Å². The van der Waals surface area contributed by atoms with E-state index < -0.39 is 0 Å². The second-order valence-electron chi connectivity index (χ2n) is 3.85. The van der Waals surface area contributed by atoms with Gasteiger partial charge in [-0.1, -0.05) is 18.8 Å². The summed E-state index contributed by atoms with van der Waals surface area (Å²) < 4.78 is 0. The highest BCUT2D eigenvalue weighted by Crippen LogP contribution is 2.09. The molecule has 3 heteroatoms. The number of nitrogens with two attached hydrogens (primary N) is 1. The van der Waals surface area contributed by atoms with E-state index in [2.05, 4.69) is 17.2 Å². The van der Waals surface area contributed by atoms with E-state index in [0.717, 1.165) is 17.5 Å². The molecular weight excluding hydrogens is 212 g/mol. The SMILES string of the molecule is CCCNC(=O)c1cc(C)cc(C#CCN)c1. The van der Waals surface area contributed by atoms with Crippen molar-refractivity contribution in [3.63, 3.8) is 0 Å². The van der Waals surface area contributed by atoms with Gasteiger partial charge in [-0.05, 0) is 37.1 Å². The van der Waals surface area contributed by atoms with Crippen molar-refractivity contribution in [2.24, 2.45) is 5.73 Å². The Morgan fingerprint density at radius 2 is 2.18 bits per heavy atom. The van der Waals surface area contributed by atoms with Gasteiger partial charge in [-0.25, -0.2) is 0 Å². The molecule has 1 aromatic carbocycles. The van der Waals surface area contributed by atoms with Crippen LogP contribution in [0.4, 0.5) is 0 Å². The van der Waals surface area contributed by atoms with Crippen LogP contribution in [0.15, 0.2) is 18.2 Å². The van der Waals surface area contributed by atoms with Crippen molar-refractivity contribution in [1.82, 2.24) is 5.32 Å². The zero-order valence-corrected chi connectivity index (χ0v) is 10.3. The third kappa shape index (κ3) is 4.29. The van der Waals surface area contributed by atoms with Gasteiger partial charge >= 0.3 is 0 Å². The highest BCUT2D eigenvalue weighted by Gasteiger charge is 2.05. The smallest absolute Gasteiger partial charge is 0.251 e. The molecule has 17 heavy (non-hydrogen) atoms. The Morgan fingerprint density at radius 3 is 2.82 bits per heavy atom. The minimum Gasteiger partial charge on any atom is -0.352 e. The molecule has 0 radical (unpaired) electrons. The monoisotopic (exact) mass is 230 g/mol. The third-order valence-corrected chi connectivity index (χ3v) is 2.21. The topological polar surface area (TPSA) is 55.1 Å². The van der Waals surface area contributed by atoms with Gasteiger partial charge in [-0.2, -0.15) is 0 Å². The second-order valence-corrected chi connectivity index (χ2v) is 3.85. The maximum absolute atomic E-state index is 11.8. The first-order valence-electron chi connectivity index (χ1n) is 5.76. The van der Waals surface area contributed by atoms with E-state index in [1.807, 2.05) is 26.0 Å². The van der Waals surface area contributed by atoms with Crippen molar-refractivity contribution in [3.8, 4) is 11.8 Å². The summed E-state index contributed by atoms with van der Waals surface area (Å²) in [4.78, 5) is 11.8. The van der Waals surface area contributed by atoms with E-state index >= 15 is 0 Å². The maximum Gasteiger partial charge on any atom is 0.251 e. The number of nitrogens with one attached hydrogen (secondary N) is 1. The zero-order chi connectivity index (χ0) is 12.7. The normalized spacial score (nSPS) is 9.35. The predicted molar refractivity (Wildman–Crippen MR) is 69.7 cm³/mol. The molecule has 0 saturated carbocycles. The fourth-order valence-electron chi connectivity index (χ4n) is 1.48. The summed E-state index contributed by atoms with van der Waals surface area (Å²) in [6.45, 7) is 4.99. The summed E-state index contributed by atoms with van der Waals surface area (Å²) in [6.07, 6.45) is 0.928. The Labute approximate surface area is 102 Å². The van der Waals surface area contributed by atoms with Crippen LogP contribution in [-0.4, -0.2) is 19.0 Å². The van der Waals surface area contributed by atoms with Crippen LogP contribution in [0, 0.1) is 18.8 Å². The number of carbonyl (C=O) groups excluding carboxylic acids is 1. The van der Waals surface area contributed by atoms with E-state index in [4.69, 9.17) is 5.73 Å². The highest BCUT2D eigenvalue weighted by atomic mass is 16.1. The average molecular weight is 230 g/mol. The largest absolute Gasteiger partial charge is 0.352 e. The van der Waals surface area contributed by atoms with Crippen molar-refractivity contribution in [1.29, 1.82) is 0 Å². The molecule has 0 aromatic heterocycles. The average Bonchev–Trinajstić information content (AvgIpc) is 2.32. The molecule has 1 amide bonds. The second kappa shape index (κ2) is 6.72. The molecule has 90 valence electrons. The molecule has 0 aliphatic rings. The molecule has 3 nitrogen and oxygen atoms in total. The summed E-state index contributed by atoms with van der Waals surface area (Å²) in [5.41, 5.74) is 7.83. The molecule has 0 fully saturated rings. The van der Waals surface area contributed by atoms with Crippen LogP contribution in [0.2, 0.25) is 0 Å². The first-order chi connectivity index (χ1) is 8.17. The predicted octanol–water partition coefficient (Wildman–Crippen LogP) is 1.45. The van der Waals surface area contributed by atoms with Gasteiger partial charge in [0.2, 0.25) is 0 Å². The minimum atomic E-state index is -0.0497. The van der Waals surface area contributed by atoms with Gasteiger partial charge in [-0.15, -0.1) is 0 Å². The number of aryl methyl sites for hydroxylation is 1. The van der Waals surface area contributed by atoms with Crippen LogP contribution in [0.3, 0.4) is 0 Å². The number of amides is 1. The van der Waals surface area contributed by atoms with Crippen molar-refractivity contribution in [3.05, 3.63) is 34.9 Å². The summed E-state index contributed by atoms with van der Waals surface area (Å²) >= 11 is 0. The van der Waals surface area contributed by atoms with E-state index in [9.17, 15) is 4.79 Å². The van der Waals surface area contributed by atoms with E-state index in [-0.39, 0.29) is 5.91 Å². The lowest BCUT2D eigenvalue weighted by Gasteiger charge is -2.05. The molecule has 0 spiro atoms. The molecular formula is C14H18N2O. The fraction of sp³-hybridized carbons (Fsp3) is 0.357. The Balaban J connectivity index is 2.92. The fourth-order valence-corrected chi connectivity index (χ4v) is 1.48. The molecule has 0 aliphatic heterocycles. The van der Waals surface area contributed by atoms with Crippen LogP contribution >= 0.6 is 0 Å². The van der Waals surface area contributed by atoms with Crippen LogP contribution in [0.25, 0.3) is 0 Å². The van der Waals surface area contributed by atoms with Crippen LogP contribution in [-0.2, 0) is 0 Å². The molecule has 0 atom stereocenters. The van der Waals surface area contributed by atoms with Gasteiger partial charge in [0.25, 0.3) is 5.91 Å². The maximum atomic E-state index is 11.8. The first-order valence-corrected chi connectivity index (χ1v) is 5.76. The summed E-state index contributed by atoms with van der Waals surface area (Å²) in [5, 5.41) is 2.85. The number of benzene rings is 1. The number of carbonyl (C=O) groups is 1. The van der Waals surface area contributed by atoms with Gasteiger partial charge < -0.3 is 11.1 Å². The Kier molecular flexibility index (Phi) is 5.25. The molecule has 1 rings (SSSR count). The Morgan fingerprint density at radius 1 is 1.41 bits per heavy atom. The quantitative estimate of drug-likeness (QED) is 0.772. The molecule has 0 aliphatic carbocycles. The molecule has 0 unspecified atom stereocenters. The highest BCUT2D eigenvalue weighted by molar-refractivity contribution is 5.94. The van der Waals surface area contributed by atoms with Crippen molar-refractivity contribution >= 4 is 5.91 Å². The van der Waals surface area contributed by atoms with Gasteiger partial charge in [0, 0.05) is 17.7 Å². The number of hydrogen-bond donors (Lipinski definition) is 2. The Hall–Kier alpha value is -1.79. The molecule has 0 saturated heterocycles. The first kappa shape index (κ1) is 13.3. The van der Waals surface area contributed by atoms with Crippen LogP contribution in [0.1, 0.15) is 34.8 Å². The lowest BCUT2D eigenvalue weighted by molar-refractivity contribution is 0.0953. The summed E-state index contributed by atoms with van der Waals surface area (Å²) in [7, 11) is 0. The van der Waals surface area contributed by atoms with Gasteiger partial charge in [-0.3, -0.25) is 4.79 Å². The van der Waals surface area contributed by atoms with Crippen molar-refractivity contribution in [2.45, 2.75) is 20.3 Å². The Bertz CT molecular complexity index is 455. The van der Waals surface area contributed by atoms with Gasteiger partial charge in [0.05, 0.1) is 6.54 Å². The van der Waals surface area contributed by atoms with Crippen LogP contribution in [0.5, 0.6) is 0 Å². The lowest BCUT2D eigenvalue weighted by Crippen LogP contribution is -2.24. The number of hydrogen-bond acceptors (Lipinski definition) is 2. The summed E-state index contributed by atoms with van der Waals surface area (Å²) in [5.74, 6) is 5.68. The molecule has 3 N–H and O–H groups in total. The van der Waals surface area contributed by atoms with Crippen molar-refractivity contribution < 1.29 is 4.79 Å². The third-order valence-electron chi connectivity index (χ3n) is 2.21. The van der Waals surface area contributed by atoms with Crippen molar-refractivity contribution in [2.75, 3.05) is 13.1 Å². The van der Waals surface area contributed by atoms with Crippen LogP contribution < -0.4 is 11.1 Å². The van der Waals surface area contributed by atoms with E-state index in [1.54, 1.807) is 6.07 Å². The van der Waals surface area contributed by atoms with E-state index in [1.165, 1.54) is 0 Å². The molecule has 0 bridgehead atoms. The van der Waals surface area contributed by atoms with Gasteiger partial charge in [0.1, 0.15) is 0 Å². The molecule has 1 aromatic rings. The minimum absolute atomic E-state index is 0.0497. The zero-order valence-electron chi connectivity index (χ0n) is 10.3. The van der Waals surface area contributed by atoms with E-state index in [0.29, 0.717) is 18.7 Å². The number of rotatable bonds is 3.